The molecule has 0 fully saturated rings. The van der Waals surface area contributed by atoms with E-state index in [1.165, 1.54) is 11.1 Å². The van der Waals surface area contributed by atoms with E-state index >= 15 is 0 Å². The summed E-state index contributed by atoms with van der Waals surface area (Å²) in [5, 5.41) is 0. The first-order valence-electron chi connectivity index (χ1n) is 7.59. The average Bonchev–Trinajstić information content (AvgIpc) is 2.80. The van der Waals surface area contributed by atoms with E-state index in [1.807, 2.05) is 12.4 Å². The van der Waals surface area contributed by atoms with Crippen LogP contribution in [-0.4, -0.2) is 28.1 Å². The number of hydrogen-bond donors (Lipinski definition) is 1. The lowest BCUT2D eigenvalue weighted by atomic mass is 9.89. The van der Waals surface area contributed by atoms with E-state index in [-0.39, 0.29) is 5.54 Å². The van der Waals surface area contributed by atoms with Crippen molar-refractivity contribution in [2.24, 2.45) is 10.7 Å². The number of rotatable bonds is 1. The monoisotopic (exact) mass is 294 g/mol. The highest BCUT2D eigenvalue weighted by Crippen LogP contribution is 2.35. The first-order chi connectivity index (χ1) is 10.7. The maximum atomic E-state index is 5.74. The molecule has 0 saturated heterocycles. The largest absolute Gasteiger partial charge is 0.463 e. The fraction of sp³-hybridized carbons (Fsp3) is 0.353. The molecule has 0 amide bonds. The molecule has 2 aromatic rings. The zero-order chi connectivity index (χ0) is 15.0. The Morgan fingerprint density at radius 1 is 1.09 bits per heavy atom. The summed E-state index contributed by atoms with van der Waals surface area (Å²) in [7, 11) is 0. The third-order valence-corrected chi connectivity index (χ3v) is 4.54. The van der Waals surface area contributed by atoms with Crippen molar-refractivity contribution in [2.45, 2.75) is 31.2 Å². The number of nitrogens with two attached hydrogens (primary N) is 1. The number of hydrogen-bond acceptors (Lipinski definition) is 5. The van der Waals surface area contributed by atoms with Crippen LogP contribution in [0.25, 0.3) is 11.1 Å². The fourth-order valence-corrected chi connectivity index (χ4v) is 3.44. The van der Waals surface area contributed by atoms with E-state index in [2.05, 4.69) is 33.2 Å². The fourth-order valence-electron chi connectivity index (χ4n) is 3.44. The van der Waals surface area contributed by atoms with Gasteiger partial charge in [-0.05, 0) is 36.0 Å². The van der Waals surface area contributed by atoms with Gasteiger partial charge in [0.25, 0.3) is 6.02 Å². The van der Waals surface area contributed by atoms with Gasteiger partial charge in [-0.15, -0.1) is 0 Å². The van der Waals surface area contributed by atoms with E-state index in [0.717, 1.165) is 36.8 Å². The number of fused-ring (bicyclic) bond motifs is 1. The summed E-state index contributed by atoms with van der Waals surface area (Å²) in [6.07, 6.45) is 9.33. The van der Waals surface area contributed by atoms with Crippen molar-refractivity contribution >= 4 is 6.02 Å². The molecule has 0 radical (unpaired) electrons. The predicted octanol–water partition coefficient (Wildman–Crippen LogP) is 2.11. The summed E-state index contributed by atoms with van der Waals surface area (Å²) in [6.45, 7) is 0.594. The number of benzene rings is 1. The normalized spacial score (nSPS) is 23.5. The van der Waals surface area contributed by atoms with E-state index in [0.29, 0.717) is 12.6 Å². The van der Waals surface area contributed by atoms with Gasteiger partial charge >= 0.3 is 0 Å². The van der Waals surface area contributed by atoms with E-state index < -0.39 is 0 Å². The molecule has 2 N–H and O–H groups in total. The van der Waals surface area contributed by atoms with Crippen molar-refractivity contribution in [1.29, 1.82) is 0 Å². The van der Waals surface area contributed by atoms with Crippen LogP contribution in [0.4, 0.5) is 0 Å². The van der Waals surface area contributed by atoms with Crippen molar-refractivity contribution in [2.75, 3.05) is 6.61 Å². The maximum Gasteiger partial charge on any atom is 0.282 e. The van der Waals surface area contributed by atoms with Crippen molar-refractivity contribution < 1.29 is 4.74 Å². The zero-order valence-electron chi connectivity index (χ0n) is 12.3. The Morgan fingerprint density at radius 3 is 2.73 bits per heavy atom. The minimum absolute atomic E-state index is 0.179. The second kappa shape index (κ2) is 5.09. The minimum Gasteiger partial charge on any atom is -0.463 e. The van der Waals surface area contributed by atoms with Gasteiger partial charge in [-0.1, -0.05) is 18.2 Å². The molecule has 0 unspecified atom stereocenters. The average molecular weight is 294 g/mol. The highest BCUT2D eigenvalue weighted by atomic mass is 16.5. The summed E-state index contributed by atoms with van der Waals surface area (Å²) >= 11 is 0. The van der Waals surface area contributed by atoms with Crippen LogP contribution < -0.4 is 5.73 Å². The van der Waals surface area contributed by atoms with Gasteiger partial charge < -0.3 is 10.5 Å². The number of aryl methyl sites for hydroxylation is 1. The van der Waals surface area contributed by atoms with Crippen LogP contribution in [0.3, 0.4) is 0 Å². The molecule has 1 spiro atoms. The van der Waals surface area contributed by atoms with Crippen molar-refractivity contribution in [1.82, 2.24) is 9.97 Å². The molecule has 1 aromatic heterocycles. The Bertz CT molecular complexity index is 729. The van der Waals surface area contributed by atoms with E-state index in [9.17, 15) is 0 Å². The second-order valence-corrected chi connectivity index (χ2v) is 6.10. The highest BCUT2D eigenvalue weighted by Gasteiger charge is 2.37. The van der Waals surface area contributed by atoms with Gasteiger partial charge in [0, 0.05) is 24.4 Å². The Labute approximate surface area is 129 Å². The molecule has 0 bridgehead atoms. The molecule has 5 heteroatoms. The molecule has 4 rings (SSSR count). The van der Waals surface area contributed by atoms with Crippen molar-refractivity contribution in [3.63, 3.8) is 0 Å². The predicted molar refractivity (Wildman–Crippen MR) is 84.4 cm³/mol. The molecule has 2 heterocycles. The van der Waals surface area contributed by atoms with Gasteiger partial charge in [-0.3, -0.25) is 0 Å². The zero-order valence-corrected chi connectivity index (χ0v) is 12.3. The topological polar surface area (TPSA) is 73.4 Å². The first kappa shape index (κ1) is 13.2. The molecule has 2 aliphatic rings. The van der Waals surface area contributed by atoms with Crippen LogP contribution in [0, 0.1) is 0 Å². The molecule has 112 valence electrons. The number of aliphatic imine (C=N–C) groups is 1. The molecular formula is C17H18N4O. The van der Waals surface area contributed by atoms with Gasteiger partial charge in [0.05, 0.1) is 0 Å². The summed E-state index contributed by atoms with van der Waals surface area (Å²) in [5.74, 6) is 0. The second-order valence-electron chi connectivity index (χ2n) is 6.10. The van der Waals surface area contributed by atoms with Crippen LogP contribution in [-0.2, 0) is 17.6 Å². The summed E-state index contributed by atoms with van der Waals surface area (Å²) in [5.41, 5.74) is 10.5. The Hall–Kier alpha value is -2.43. The van der Waals surface area contributed by atoms with Crippen LogP contribution in [0.1, 0.15) is 24.0 Å². The summed E-state index contributed by atoms with van der Waals surface area (Å²) in [4.78, 5) is 12.8. The summed E-state index contributed by atoms with van der Waals surface area (Å²) < 4.78 is 5.44. The Balaban J connectivity index is 1.73. The van der Waals surface area contributed by atoms with Crippen LogP contribution in [0.15, 0.2) is 41.9 Å². The first-order valence-corrected chi connectivity index (χ1v) is 7.59. The SMILES string of the molecule is NC1=N[C@@]2(CCCc3ccc(-c4cncnc4)cc3C2)CO1. The van der Waals surface area contributed by atoms with E-state index in [1.54, 1.807) is 6.33 Å². The molecule has 1 aliphatic carbocycles. The summed E-state index contributed by atoms with van der Waals surface area (Å²) in [6, 6.07) is 6.94. The Morgan fingerprint density at radius 2 is 1.95 bits per heavy atom. The number of nitrogens with zero attached hydrogens (tertiary/aromatic N) is 3. The highest BCUT2D eigenvalue weighted by molar-refractivity contribution is 5.74. The third-order valence-electron chi connectivity index (χ3n) is 4.54. The molecule has 22 heavy (non-hydrogen) atoms. The van der Waals surface area contributed by atoms with Gasteiger partial charge in [0.1, 0.15) is 18.5 Å². The molecule has 5 nitrogen and oxygen atoms in total. The molecule has 1 aliphatic heterocycles. The minimum atomic E-state index is -0.179. The number of aromatic nitrogens is 2. The Kier molecular flexibility index (Phi) is 3.06. The number of amidine groups is 1. The van der Waals surface area contributed by atoms with Gasteiger partial charge in [-0.2, -0.15) is 0 Å². The lowest BCUT2D eigenvalue weighted by molar-refractivity contribution is 0.241. The van der Waals surface area contributed by atoms with Gasteiger partial charge in [0.15, 0.2) is 0 Å². The quantitative estimate of drug-likeness (QED) is 0.874. The van der Waals surface area contributed by atoms with Crippen LogP contribution in [0.5, 0.6) is 0 Å². The van der Waals surface area contributed by atoms with Crippen LogP contribution in [0.2, 0.25) is 0 Å². The van der Waals surface area contributed by atoms with Gasteiger partial charge in [-0.25, -0.2) is 15.0 Å². The lowest BCUT2D eigenvalue weighted by Gasteiger charge is -2.22. The smallest absolute Gasteiger partial charge is 0.282 e. The van der Waals surface area contributed by atoms with E-state index in [4.69, 9.17) is 10.5 Å². The van der Waals surface area contributed by atoms with Crippen LogP contribution >= 0.6 is 0 Å². The molecule has 1 atom stereocenters. The van der Waals surface area contributed by atoms with Gasteiger partial charge in [0.2, 0.25) is 0 Å². The van der Waals surface area contributed by atoms with Crippen molar-refractivity contribution in [3.8, 4) is 11.1 Å². The van der Waals surface area contributed by atoms with Crippen molar-refractivity contribution in [3.05, 3.63) is 48.0 Å². The lowest BCUT2D eigenvalue weighted by Crippen LogP contribution is -2.30. The number of ether oxygens (including phenoxy) is 1. The maximum absolute atomic E-state index is 5.74. The third kappa shape index (κ3) is 2.32. The molecule has 0 saturated carbocycles. The molecular weight excluding hydrogens is 276 g/mol. The molecule has 1 aromatic carbocycles. The standard InChI is InChI=1S/C17H18N4O/c18-16-21-17(10-22-16)5-1-2-12-3-4-13(6-14(12)7-17)15-8-19-11-20-9-15/h3-4,6,8-9,11H,1-2,5,7,10H2,(H2,18,21)/t17-/m1/s1.